The molecule has 7 heteroatoms. The Morgan fingerprint density at radius 3 is 2.50 bits per heavy atom. The maximum Gasteiger partial charge on any atom is 0.234 e. The lowest BCUT2D eigenvalue weighted by Crippen LogP contribution is -1.99. The van der Waals surface area contributed by atoms with Gasteiger partial charge in [0.25, 0.3) is 0 Å². The molecule has 0 aliphatic heterocycles. The molecule has 0 amide bonds. The van der Waals surface area contributed by atoms with Crippen molar-refractivity contribution in [3.8, 4) is 22.1 Å². The van der Waals surface area contributed by atoms with Crippen LogP contribution in [0, 0.1) is 0 Å². The highest BCUT2D eigenvalue weighted by atomic mass is 32.1. The summed E-state index contributed by atoms with van der Waals surface area (Å²) in [6.07, 6.45) is 1.70. The van der Waals surface area contributed by atoms with Crippen LogP contribution in [0.5, 0.6) is 11.5 Å². The molecule has 0 spiro atoms. The molecule has 0 radical (unpaired) electrons. The predicted molar refractivity (Wildman–Crippen MR) is 101 cm³/mol. The molecule has 0 unspecified atom stereocenters. The third kappa shape index (κ3) is 3.13. The van der Waals surface area contributed by atoms with Crippen molar-refractivity contribution in [1.82, 2.24) is 19.8 Å². The van der Waals surface area contributed by atoms with Crippen molar-refractivity contribution >= 4 is 16.3 Å². The van der Waals surface area contributed by atoms with Crippen molar-refractivity contribution in [3.05, 3.63) is 59.9 Å². The number of fused-ring (bicyclic) bond motifs is 1. The molecule has 0 bridgehead atoms. The van der Waals surface area contributed by atoms with Crippen molar-refractivity contribution in [2.75, 3.05) is 14.2 Å². The number of aromatic nitrogens is 4. The number of nitrogens with zero attached hydrogens (tertiary/aromatic N) is 4. The summed E-state index contributed by atoms with van der Waals surface area (Å²) in [5, 5.41) is 14.1. The smallest absolute Gasteiger partial charge is 0.234 e. The molecule has 0 aliphatic carbocycles. The van der Waals surface area contributed by atoms with Crippen LogP contribution < -0.4 is 9.47 Å². The van der Waals surface area contributed by atoms with E-state index >= 15 is 0 Å². The number of benzene rings is 2. The van der Waals surface area contributed by atoms with E-state index in [2.05, 4.69) is 22.3 Å². The van der Waals surface area contributed by atoms with Gasteiger partial charge in [0.05, 0.1) is 14.2 Å². The first kappa shape index (κ1) is 16.5. The third-order valence-electron chi connectivity index (χ3n) is 4.17. The molecular weight excluding hydrogens is 348 g/mol. The molecule has 0 saturated carbocycles. The zero-order valence-corrected chi connectivity index (χ0v) is 15.4. The molecule has 4 aromatic rings. The average molecular weight is 366 g/mol. The Labute approximate surface area is 155 Å². The van der Waals surface area contributed by atoms with Crippen LogP contribution >= 0.6 is 11.3 Å². The fourth-order valence-corrected chi connectivity index (χ4v) is 3.65. The van der Waals surface area contributed by atoms with Gasteiger partial charge < -0.3 is 9.47 Å². The summed E-state index contributed by atoms with van der Waals surface area (Å²) < 4.78 is 12.5. The molecule has 0 N–H and O–H groups in total. The van der Waals surface area contributed by atoms with Crippen LogP contribution in [0.3, 0.4) is 0 Å². The van der Waals surface area contributed by atoms with Crippen molar-refractivity contribution < 1.29 is 9.47 Å². The van der Waals surface area contributed by atoms with E-state index in [0.717, 1.165) is 34.2 Å². The zero-order valence-electron chi connectivity index (χ0n) is 14.5. The van der Waals surface area contributed by atoms with E-state index in [1.54, 1.807) is 14.2 Å². The van der Waals surface area contributed by atoms with Crippen LogP contribution in [0.15, 0.2) is 48.5 Å². The summed E-state index contributed by atoms with van der Waals surface area (Å²) in [6, 6.07) is 16.1. The van der Waals surface area contributed by atoms with Crippen molar-refractivity contribution in [1.29, 1.82) is 0 Å². The van der Waals surface area contributed by atoms with Crippen molar-refractivity contribution in [2.24, 2.45) is 0 Å². The molecule has 6 nitrogen and oxygen atoms in total. The second-order valence-corrected chi connectivity index (χ2v) is 6.73. The lowest BCUT2D eigenvalue weighted by Gasteiger charge is -2.07. The summed E-state index contributed by atoms with van der Waals surface area (Å²) in [7, 11) is 3.25. The number of ether oxygens (including phenoxy) is 2. The van der Waals surface area contributed by atoms with Gasteiger partial charge in [0, 0.05) is 12.0 Å². The van der Waals surface area contributed by atoms with E-state index in [0.29, 0.717) is 11.5 Å². The normalized spacial score (nSPS) is 11.0. The highest BCUT2D eigenvalue weighted by Crippen LogP contribution is 2.34. The van der Waals surface area contributed by atoms with Gasteiger partial charge in [-0.2, -0.15) is 9.61 Å². The Morgan fingerprint density at radius 2 is 1.73 bits per heavy atom. The van der Waals surface area contributed by atoms with Crippen LogP contribution in [-0.4, -0.2) is 34.0 Å². The lowest BCUT2D eigenvalue weighted by atomic mass is 10.1. The summed E-state index contributed by atoms with van der Waals surface area (Å²) in [5.74, 6) is 2.25. The molecule has 0 atom stereocenters. The Hall–Kier alpha value is -2.93. The molecule has 0 saturated heterocycles. The standard InChI is InChI=1S/C19H18N4O2S/c1-24-15-10-9-14(12-16(15)25-2)18-22-23-17(20-21-19(23)26-18)11-8-13-6-4-3-5-7-13/h3-7,9-10,12H,8,11H2,1-2H3. The number of aryl methyl sites for hydroxylation is 2. The molecule has 132 valence electrons. The third-order valence-corrected chi connectivity index (χ3v) is 5.11. The SMILES string of the molecule is COc1ccc(-c2nn3c(CCc4ccccc4)nnc3s2)cc1OC. The van der Waals surface area contributed by atoms with Gasteiger partial charge in [-0.05, 0) is 30.2 Å². The van der Waals surface area contributed by atoms with E-state index in [9.17, 15) is 0 Å². The van der Waals surface area contributed by atoms with Gasteiger partial charge in [0.15, 0.2) is 17.3 Å². The second-order valence-electron chi connectivity index (χ2n) is 5.77. The van der Waals surface area contributed by atoms with Gasteiger partial charge >= 0.3 is 0 Å². The van der Waals surface area contributed by atoms with Gasteiger partial charge in [-0.15, -0.1) is 10.2 Å². The summed E-state index contributed by atoms with van der Waals surface area (Å²) in [4.78, 5) is 0.790. The van der Waals surface area contributed by atoms with Gasteiger partial charge in [0.1, 0.15) is 5.01 Å². The Balaban J connectivity index is 1.61. The van der Waals surface area contributed by atoms with Crippen LogP contribution in [0.25, 0.3) is 15.5 Å². The molecule has 4 rings (SSSR count). The largest absolute Gasteiger partial charge is 0.493 e. The number of rotatable bonds is 6. The van der Waals surface area contributed by atoms with E-state index in [-0.39, 0.29) is 0 Å². The minimum absolute atomic E-state index is 0.681. The molecule has 0 aliphatic rings. The van der Waals surface area contributed by atoms with E-state index < -0.39 is 0 Å². The minimum atomic E-state index is 0.681. The predicted octanol–water partition coefficient (Wildman–Crippen LogP) is 3.66. The zero-order chi connectivity index (χ0) is 17.9. The maximum absolute atomic E-state index is 5.38. The molecule has 2 heterocycles. The maximum atomic E-state index is 5.38. The van der Waals surface area contributed by atoms with E-state index in [1.807, 2.05) is 40.9 Å². The quantitative estimate of drug-likeness (QED) is 0.521. The topological polar surface area (TPSA) is 61.5 Å². The minimum Gasteiger partial charge on any atom is -0.493 e. The average Bonchev–Trinajstić information content (AvgIpc) is 3.27. The Kier molecular flexibility index (Phi) is 4.53. The molecule has 2 aromatic heterocycles. The first-order valence-electron chi connectivity index (χ1n) is 8.26. The first-order chi connectivity index (χ1) is 12.8. The van der Waals surface area contributed by atoms with Gasteiger partial charge in [0.2, 0.25) is 4.96 Å². The van der Waals surface area contributed by atoms with Crippen LogP contribution in [0.4, 0.5) is 0 Å². The van der Waals surface area contributed by atoms with Crippen LogP contribution in [0.1, 0.15) is 11.4 Å². The van der Waals surface area contributed by atoms with Gasteiger partial charge in [-0.3, -0.25) is 0 Å². The molecule has 2 aromatic carbocycles. The van der Waals surface area contributed by atoms with E-state index in [1.165, 1.54) is 16.9 Å². The van der Waals surface area contributed by atoms with Crippen molar-refractivity contribution in [2.45, 2.75) is 12.8 Å². The van der Waals surface area contributed by atoms with Crippen molar-refractivity contribution in [3.63, 3.8) is 0 Å². The highest BCUT2D eigenvalue weighted by molar-refractivity contribution is 7.19. The number of methoxy groups -OCH3 is 2. The van der Waals surface area contributed by atoms with Crippen LogP contribution in [0.2, 0.25) is 0 Å². The van der Waals surface area contributed by atoms with Gasteiger partial charge in [-0.25, -0.2) is 0 Å². The first-order valence-corrected chi connectivity index (χ1v) is 9.07. The van der Waals surface area contributed by atoms with Crippen LogP contribution in [-0.2, 0) is 12.8 Å². The Bertz CT molecular complexity index is 1030. The fourth-order valence-electron chi connectivity index (χ4n) is 2.80. The van der Waals surface area contributed by atoms with Gasteiger partial charge in [-0.1, -0.05) is 41.7 Å². The molecule has 0 fully saturated rings. The number of hydrogen-bond donors (Lipinski definition) is 0. The summed E-state index contributed by atoms with van der Waals surface area (Å²) in [5.41, 5.74) is 2.24. The van der Waals surface area contributed by atoms with E-state index in [4.69, 9.17) is 14.6 Å². The summed E-state index contributed by atoms with van der Waals surface area (Å²) in [6.45, 7) is 0. The highest BCUT2D eigenvalue weighted by Gasteiger charge is 2.14. The monoisotopic (exact) mass is 366 g/mol. The second kappa shape index (κ2) is 7.13. The lowest BCUT2D eigenvalue weighted by molar-refractivity contribution is 0.355. The number of hydrogen-bond acceptors (Lipinski definition) is 6. The summed E-state index contributed by atoms with van der Waals surface area (Å²) >= 11 is 1.51. The molecular formula is C19H18N4O2S. The Morgan fingerprint density at radius 1 is 0.923 bits per heavy atom. The molecule has 26 heavy (non-hydrogen) atoms. The fraction of sp³-hybridized carbons (Fsp3) is 0.211.